The second kappa shape index (κ2) is 11.2. The van der Waals surface area contributed by atoms with Crippen LogP contribution in [0, 0.1) is 6.92 Å². The van der Waals surface area contributed by atoms with Crippen molar-refractivity contribution in [2.24, 2.45) is 0 Å². The summed E-state index contributed by atoms with van der Waals surface area (Å²) in [4.78, 5) is 16.5. The molecule has 2 aromatic carbocycles. The molecular weight excluding hydrogens is 452 g/mol. The van der Waals surface area contributed by atoms with Gasteiger partial charge in [0.1, 0.15) is 0 Å². The predicted octanol–water partition coefficient (Wildman–Crippen LogP) is 7.38. The van der Waals surface area contributed by atoms with Gasteiger partial charge in [0, 0.05) is 35.3 Å². The molecule has 1 N–H and O–H groups in total. The molecule has 0 unspecified atom stereocenters. The van der Waals surface area contributed by atoms with Gasteiger partial charge in [-0.15, -0.1) is 0 Å². The van der Waals surface area contributed by atoms with E-state index in [1.54, 1.807) is 11.9 Å². The second-order valence-corrected chi connectivity index (χ2v) is 10.1. The Bertz CT molecular complexity index is 1120. The molecule has 0 aliphatic rings. The lowest BCUT2D eigenvalue weighted by Crippen LogP contribution is -2.37. The maximum atomic E-state index is 11.2. The van der Waals surface area contributed by atoms with E-state index in [9.17, 15) is 9.90 Å². The van der Waals surface area contributed by atoms with Crippen LogP contribution in [-0.2, 0) is 16.8 Å². The zero-order valence-electron chi connectivity index (χ0n) is 19.6. The Hall–Kier alpha value is -2.34. The molecule has 0 aliphatic heterocycles. The Morgan fingerprint density at radius 3 is 2.67 bits per heavy atom. The average Bonchev–Trinajstić information content (AvgIpc) is 2.81. The van der Waals surface area contributed by atoms with Crippen molar-refractivity contribution in [3.05, 3.63) is 82.6 Å². The summed E-state index contributed by atoms with van der Waals surface area (Å²) in [6.45, 7) is 9.17. The smallest absolute Gasteiger partial charge is 0.303 e. The Morgan fingerprint density at radius 1 is 1.18 bits per heavy atom. The van der Waals surface area contributed by atoms with Crippen molar-refractivity contribution >= 4 is 29.5 Å². The lowest BCUT2D eigenvalue weighted by Gasteiger charge is -2.38. The molecule has 3 rings (SSSR count). The molecule has 0 radical (unpaired) electrons. The monoisotopic (exact) mass is 482 g/mol. The Balaban J connectivity index is 1.98. The highest BCUT2D eigenvalue weighted by molar-refractivity contribution is 7.97. The Labute approximate surface area is 206 Å². The number of carbonyl (C=O) groups is 1. The molecular formula is C27H31ClN2O2S. The van der Waals surface area contributed by atoms with Gasteiger partial charge in [0.25, 0.3) is 0 Å². The summed E-state index contributed by atoms with van der Waals surface area (Å²) >= 11 is 8.02. The van der Waals surface area contributed by atoms with Crippen LogP contribution in [0.4, 0.5) is 0 Å². The first-order valence-electron chi connectivity index (χ1n) is 11.2. The number of carboxylic acids is 1. The van der Waals surface area contributed by atoms with Crippen molar-refractivity contribution in [2.45, 2.75) is 57.4 Å². The molecule has 33 heavy (non-hydrogen) atoms. The van der Waals surface area contributed by atoms with E-state index >= 15 is 0 Å². The molecule has 3 aromatic rings. The predicted molar refractivity (Wildman–Crippen MR) is 138 cm³/mol. The number of aliphatic carboxylic acids is 1. The normalized spacial score (nSPS) is 11.7. The highest BCUT2D eigenvalue weighted by Gasteiger charge is 2.30. The van der Waals surface area contributed by atoms with Crippen molar-refractivity contribution in [3.63, 3.8) is 0 Å². The number of carboxylic acid groups (broad SMARTS) is 1. The zero-order chi connectivity index (χ0) is 24.0. The summed E-state index contributed by atoms with van der Waals surface area (Å²) in [7, 11) is 0. The number of rotatable bonds is 10. The summed E-state index contributed by atoms with van der Waals surface area (Å²) in [5, 5.41) is 9.91. The number of hydrogen-bond donors (Lipinski definition) is 1. The fourth-order valence-corrected chi connectivity index (χ4v) is 5.23. The number of nitrogens with zero attached hydrogens (tertiary/aromatic N) is 2. The third-order valence-corrected chi connectivity index (χ3v) is 7.87. The van der Waals surface area contributed by atoms with Gasteiger partial charge in [-0.05, 0) is 97.6 Å². The topological polar surface area (TPSA) is 53.4 Å². The molecule has 0 saturated heterocycles. The van der Waals surface area contributed by atoms with Gasteiger partial charge in [-0.3, -0.25) is 9.78 Å². The molecule has 6 heteroatoms. The minimum atomic E-state index is -0.775. The summed E-state index contributed by atoms with van der Waals surface area (Å²) in [6, 6.07) is 16.6. The first-order valence-corrected chi connectivity index (χ1v) is 12.4. The third kappa shape index (κ3) is 6.17. The van der Waals surface area contributed by atoms with Gasteiger partial charge in [-0.1, -0.05) is 42.8 Å². The first kappa shape index (κ1) is 25.3. The van der Waals surface area contributed by atoms with Crippen LogP contribution < -0.4 is 0 Å². The molecule has 1 heterocycles. The minimum absolute atomic E-state index is 0.137. The van der Waals surface area contributed by atoms with Gasteiger partial charge in [-0.2, -0.15) is 0 Å². The van der Waals surface area contributed by atoms with Crippen molar-refractivity contribution in [1.29, 1.82) is 0 Å². The van der Waals surface area contributed by atoms with E-state index in [0.717, 1.165) is 27.5 Å². The van der Waals surface area contributed by atoms with Crippen LogP contribution in [0.25, 0.3) is 11.1 Å². The van der Waals surface area contributed by atoms with Gasteiger partial charge in [0.05, 0.1) is 5.54 Å². The fraction of sp³-hybridized carbons (Fsp3) is 0.333. The van der Waals surface area contributed by atoms with E-state index in [2.05, 4.69) is 66.5 Å². The van der Waals surface area contributed by atoms with Gasteiger partial charge < -0.3 is 5.11 Å². The lowest BCUT2D eigenvalue weighted by molar-refractivity contribution is -0.137. The maximum absolute atomic E-state index is 11.2. The zero-order valence-corrected chi connectivity index (χ0v) is 21.2. The molecule has 1 aromatic heterocycles. The van der Waals surface area contributed by atoms with E-state index in [1.165, 1.54) is 16.7 Å². The van der Waals surface area contributed by atoms with Gasteiger partial charge in [0.2, 0.25) is 0 Å². The van der Waals surface area contributed by atoms with Crippen LogP contribution in [0.2, 0.25) is 5.02 Å². The van der Waals surface area contributed by atoms with E-state index in [4.69, 9.17) is 11.6 Å². The summed E-state index contributed by atoms with van der Waals surface area (Å²) < 4.78 is 2.28. The molecule has 4 nitrogen and oxygen atoms in total. The number of halogens is 1. The molecule has 0 amide bonds. The molecule has 0 fully saturated rings. The van der Waals surface area contributed by atoms with Crippen molar-refractivity contribution < 1.29 is 9.90 Å². The summed E-state index contributed by atoms with van der Waals surface area (Å²) in [5.41, 5.74) is 5.42. The average molecular weight is 483 g/mol. The summed E-state index contributed by atoms with van der Waals surface area (Å²) in [6.07, 6.45) is 5.39. The standard InChI is InChI=1S/C27H31ClN2O2S/c1-5-20-18-29-15-14-23(20)21-9-6-10-22(17-21)27(3,4)30(16-8-13-26(31)32)33-25-12-7-11-24(28)19(25)2/h6-7,9-12,14-15,17-18H,5,8,13,16H2,1-4H3,(H,31,32). The number of pyridine rings is 1. The number of aryl methyl sites for hydroxylation is 1. The van der Waals surface area contributed by atoms with E-state index in [1.807, 2.05) is 31.5 Å². The second-order valence-electron chi connectivity index (χ2n) is 8.58. The van der Waals surface area contributed by atoms with Crippen LogP contribution in [0.3, 0.4) is 0 Å². The molecule has 0 saturated carbocycles. The Morgan fingerprint density at radius 2 is 1.94 bits per heavy atom. The molecule has 0 bridgehead atoms. The highest BCUT2D eigenvalue weighted by Crippen LogP contribution is 2.40. The van der Waals surface area contributed by atoms with Gasteiger partial charge >= 0.3 is 5.97 Å². The first-order chi connectivity index (χ1) is 15.7. The number of benzene rings is 2. The molecule has 0 aliphatic carbocycles. The Kier molecular flexibility index (Phi) is 8.57. The largest absolute Gasteiger partial charge is 0.481 e. The molecule has 0 atom stereocenters. The quantitative estimate of drug-likeness (QED) is 0.305. The highest BCUT2D eigenvalue weighted by atomic mass is 35.5. The van der Waals surface area contributed by atoms with Gasteiger partial charge in [-0.25, -0.2) is 4.31 Å². The van der Waals surface area contributed by atoms with Crippen LogP contribution in [0.15, 0.2) is 65.8 Å². The number of aromatic nitrogens is 1. The van der Waals surface area contributed by atoms with Crippen LogP contribution in [0.5, 0.6) is 0 Å². The fourth-order valence-electron chi connectivity index (χ4n) is 3.82. The molecule has 174 valence electrons. The number of hydrogen-bond acceptors (Lipinski definition) is 4. The lowest BCUT2D eigenvalue weighted by atomic mass is 9.90. The van der Waals surface area contributed by atoms with E-state index in [0.29, 0.717) is 13.0 Å². The van der Waals surface area contributed by atoms with Gasteiger partial charge in [0.15, 0.2) is 0 Å². The van der Waals surface area contributed by atoms with Crippen LogP contribution >= 0.6 is 23.5 Å². The summed E-state index contributed by atoms with van der Waals surface area (Å²) in [5.74, 6) is -0.775. The van der Waals surface area contributed by atoms with Crippen molar-refractivity contribution in [1.82, 2.24) is 9.29 Å². The maximum Gasteiger partial charge on any atom is 0.303 e. The van der Waals surface area contributed by atoms with Crippen molar-refractivity contribution in [2.75, 3.05) is 6.54 Å². The minimum Gasteiger partial charge on any atom is -0.481 e. The molecule has 0 spiro atoms. The van der Waals surface area contributed by atoms with Crippen LogP contribution in [0.1, 0.15) is 50.3 Å². The third-order valence-electron chi connectivity index (χ3n) is 5.97. The van der Waals surface area contributed by atoms with E-state index in [-0.39, 0.29) is 12.0 Å². The van der Waals surface area contributed by atoms with E-state index < -0.39 is 5.97 Å². The van der Waals surface area contributed by atoms with Crippen molar-refractivity contribution in [3.8, 4) is 11.1 Å². The van der Waals surface area contributed by atoms with Crippen LogP contribution in [-0.4, -0.2) is 26.9 Å². The SMILES string of the molecule is CCc1cnccc1-c1cccc(C(C)(C)N(CCCC(=O)O)Sc2cccc(Cl)c2C)c1.